The molecule has 1 aliphatic heterocycles. The highest BCUT2D eigenvalue weighted by Gasteiger charge is 2.23. The highest BCUT2D eigenvalue weighted by Crippen LogP contribution is 2.30. The summed E-state index contributed by atoms with van der Waals surface area (Å²) in [6.07, 6.45) is 0. The third-order valence-corrected chi connectivity index (χ3v) is 5.63. The number of thioether (sulfide) groups is 1. The second-order valence-electron chi connectivity index (χ2n) is 4.57. The molecule has 3 rings (SSSR count). The number of nitrogens with one attached hydrogen (secondary N) is 1. The quantitative estimate of drug-likeness (QED) is 0.930. The van der Waals surface area contributed by atoms with Crippen molar-refractivity contribution >= 4 is 51.4 Å². The van der Waals surface area contributed by atoms with Gasteiger partial charge in [0.25, 0.3) is 0 Å². The fraction of sp³-hybridized carbons (Fsp3) is 0.308. The molecule has 3 heterocycles. The molecule has 2 amide bonds. The van der Waals surface area contributed by atoms with Crippen LogP contribution < -0.4 is 5.32 Å². The Morgan fingerprint density at radius 1 is 1.48 bits per heavy atom. The van der Waals surface area contributed by atoms with E-state index in [0.717, 1.165) is 10.6 Å². The minimum absolute atomic E-state index is 0.0176. The summed E-state index contributed by atoms with van der Waals surface area (Å²) in [4.78, 5) is 31.7. The number of hydrogen-bond acceptors (Lipinski definition) is 6. The Hall–Kier alpha value is -1.38. The van der Waals surface area contributed by atoms with Crippen LogP contribution in [0.2, 0.25) is 0 Å². The second kappa shape index (κ2) is 6.17. The largest absolute Gasteiger partial charge is 0.323 e. The molecule has 0 unspecified atom stereocenters. The molecule has 2 aromatic rings. The molecule has 2 aromatic heterocycles. The van der Waals surface area contributed by atoms with Crippen molar-refractivity contribution in [2.75, 3.05) is 23.5 Å². The van der Waals surface area contributed by atoms with Gasteiger partial charge in [-0.05, 0) is 19.1 Å². The van der Waals surface area contributed by atoms with Gasteiger partial charge < -0.3 is 10.2 Å². The number of nitrogens with zero attached hydrogens (tertiary/aromatic N) is 2. The fourth-order valence-corrected chi connectivity index (χ4v) is 4.42. The molecule has 0 bridgehead atoms. The van der Waals surface area contributed by atoms with E-state index in [9.17, 15) is 9.59 Å². The van der Waals surface area contributed by atoms with E-state index in [-0.39, 0.29) is 18.4 Å². The van der Waals surface area contributed by atoms with Crippen molar-refractivity contribution in [2.24, 2.45) is 0 Å². The first-order valence-electron chi connectivity index (χ1n) is 6.29. The second-order valence-corrected chi connectivity index (χ2v) is 7.67. The van der Waals surface area contributed by atoms with Crippen LogP contribution in [0.5, 0.6) is 0 Å². The predicted molar refractivity (Wildman–Crippen MR) is 87.8 cm³/mol. The number of amides is 2. The van der Waals surface area contributed by atoms with Crippen LogP contribution in [0.15, 0.2) is 17.5 Å². The maximum absolute atomic E-state index is 11.9. The minimum Gasteiger partial charge on any atom is -0.323 e. The monoisotopic (exact) mass is 339 g/mol. The molecule has 8 heteroatoms. The van der Waals surface area contributed by atoms with E-state index in [2.05, 4.69) is 10.3 Å². The van der Waals surface area contributed by atoms with Crippen molar-refractivity contribution in [3.63, 3.8) is 0 Å². The number of carbonyl (C=O) groups excluding carboxylic acids is 2. The summed E-state index contributed by atoms with van der Waals surface area (Å²) < 4.78 is 0. The van der Waals surface area contributed by atoms with Gasteiger partial charge in [-0.25, -0.2) is 4.98 Å². The predicted octanol–water partition coefficient (Wildman–Crippen LogP) is 2.65. The average Bonchev–Trinajstić information content (AvgIpc) is 3.13. The summed E-state index contributed by atoms with van der Waals surface area (Å²) in [7, 11) is 0. The third kappa shape index (κ3) is 3.45. The van der Waals surface area contributed by atoms with Crippen molar-refractivity contribution in [2.45, 2.75) is 6.92 Å². The van der Waals surface area contributed by atoms with Crippen molar-refractivity contribution in [3.8, 4) is 10.6 Å². The lowest BCUT2D eigenvalue weighted by Crippen LogP contribution is -2.34. The smallest absolute Gasteiger partial charge is 0.245 e. The maximum atomic E-state index is 11.9. The van der Waals surface area contributed by atoms with Gasteiger partial charge in [0, 0.05) is 10.3 Å². The number of anilines is 1. The van der Waals surface area contributed by atoms with Gasteiger partial charge in [-0.15, -0.1) is 34.4 Å². The van der Waals surface area contributed by atoms with E-state index in [1.54, 1.807) is 16.2 Å². The Morgan fingerprint density at radius 3 is 3.00 bits per heavy atom. The Kier molecular flexibility index (Phi) is 4.27. The highest BCUT2D eigenvalue weighted by molar-refractivity contribution is 8.00. The van der Waals surface area contributed by atoms with Crippen LogP contribution in [0.4, 0.5) is 5.13 Å². The first kappa shape index (κ1) is 14.6. The van der Waals surface area contributed by atoms with Crippen LogP contribution in [0, 0.1) is 6.92 Å². The Morgan fingerprint density at radius 2 is 2.33 bits per heavy atom. The molecule has 21 heavy (non-hydrogen) atoms. The number of thiophene rings is 1. The van der Waals surface area contributed by atoms with E-state index < -0.39 is 0 Å². The SMILES string of the molecule is Cc1ccc(-c2csc(NC(=O)CN3CSCC3=O)n2)s1. The molecule has 0 saturated carbocycles. The first-order valence-corrected chi connectivity index (χ1v) is 9.14. The average molecular weight is 339 g/mol. The van der Waals surface area contributed by atoms with Gasteiger partial charge in [0.2, 0.25) is 11.8 Å². The zero-order valence-electron chi connectivity index (χ0n) is 11.3. The lowest BCUT2D eigenvalue weighted by molar-refractivity contribution is -0.130. The molecule has 0 spiro atoms. The molecule has 110 valence electrons. The van der Waals surface area contributed by atoms with Gasteiger partial charge in [0.1, 0.15) is 6.54 Å². The van der Waals surface area contributed by atoms with Gasteiger partial charge >= 0.3 is 0 Å². The molecule has 1 N–H and O–H groups in total. The lowest BCUT2D eigenvalue weighted by Gasteiger charge is -2.12. The molecule has 5 nitrogen and oxygen atoms in total. The summed E-state index contributed by atoms with van der Waals surface area (Å²) in [5, 5.41) is 5.25. The normalized spacial score (nSPS) is 14.7. The first-order chi connectivity index (χ1) is 10.1. The molecule has 0 aliphatic carbocycles. The standard InChI is InChI=1S/C13H13N3O2S3/c1-8-2-3-10(21-8)9-5-20-13(14-9)15-11(17)4-16-7-19-6-12(16)18/h2-3,5H,4,6-7H2,1H3,(H,14,15,17). The van der Waals surface area contributed by atoms with Crippen molar-refractivity contribution in [1.82, 2.24) is 9.88 Å². The van der Waals surface area contributed by atoms with E-state index >= 15 is 0 Å². The summed E-state index contributed by atoms with van der Waals surface area (Å²) in [5.74, 6) is 0.870. The van der Waals surface area contributed by atoms with Crippen molar-refractivity contribution in [3.05, 3.63) is 22.4 Å². The Balaban J connectivity index is 1.61. The number of hydrogen-bond donors (Lipinski definition) is 1. The van der Waals surface area contributed by atoms with E-state index in [1.165, 1.54) is 28.0 Å². The van der Waals surface area contributed by atoms with Gasteiger partial charge in [0.05, 0.1) is 22.2 Å². The lowest BCUT2D eigenvalue weighted by atomic mass is 10.4. The minimum atomic E-state index is -0.200. The Bertz CT molecular complexity index is 680. The zero-order chi connectivity index (χ0) is 14.8. The van der Waals surface area contributed by atoms with E-state index in [4.69, 9.17) is 0 Å². The number of aryl methyl sites for hydroxylation is 1. The maximum Gasteiger partial charge on any atom is 0.245 e. The summed E-state index contributed by atoms with van der Waals surface area (Å²) in [6, 6.07) is 4.08. The van der Waals surface area contributed by atoms with Crippen LogP contribution >= 0.6 is 34.4 Å². The zero-order valence-corrected chi connectivity index (χ0v) is 13.7. The fourth-order valence-electron chi connectivity index (χ4n) is 1.89. The number of aromatic nitrogens is 1. The van der Waals surface area contributed by atoms with E-state index in [0.29, 0.717) is 16.8 Å². The number of carbonyl (C=O) groups is 2. The van der Waals surface area contributed by atoms with Crippen LogP contribution in [0.25, 0.3) is 10.6 Å². The van der Waals surface area contributed by atoms with Crippen LogP contribution in [-0.4, -0.2) is 39.9 Å². The van der Waals surface area contributed by atoms with E-state index in [1.807, 2.05) is 24.4 Å². The van der Waals surface area contributed by atoms with Crippen LogP contribution in [0.1, 0.15) is 4.88 Å². The highest BCUT2D eigenvalue weighted by atomic mass is 32.2. The topological polar surface area (TPSA) is 62.3 Å². The van der Waals surface area contributed by atoms with Gasteiger partial charge in [0.15, 0.2) is 5.13 Å². The van der Waals surface area contributed by atoms with Crippen molar-refractivity contribution in [1.29, 1.82) is 0 Å². The summed E-state index contributed by atoms with van der Waals surface area (Å²) >= 11 is 4.60. The molecule has 1 fully saturated rings. The van der Waals surface area contributed by atoms with Gasteiger partial charge in [-0.3, -0.25) is 9.59 Å². The molecular weight excluding hydrogens is 326 g/mol. The molecular formula is C13H13N3O2S3. The molecule has 1 aliphatic rings. The molecule has 0 aromatic carbocycles. The molecule has 0 radical (unpaired) electrons. The van der Waals surface area contributed by atoms with Gasteiger partial charge in [-0.2, -0.15) is 0 Å². The molecule has 0 atom stereocenters. The van der Waals surface area contributed by atoms with Gasteiger partial charge in [-0.1, -0.05) is 0 Å². The van der Waals surface area contributed by atoms with Crippen molar-refractivity contribution < 1.29 is 9.59 Å². The number of thiazole rings is 1. The summed E-state index contributed by atoms with van der Waals surface area (Å²) in [5.41, 5.74) is 0.876. The third-order valence-electron chi connectivity index (χ3n) is 2.90. The number of rotatable bonds is 4. The summed E-state index contributed by atoms with van der Waals surface area (Å²) in [6.45, 7) is 2.15. The van der Waals surface area contributed by atoms with Crippen LogP contribution in [-0.2, 0) is 9.59 Å². The Labute approximate surface area is 134 Å². The molecule has 1 saturated heterocycles. The van der Waals surface area contributed by atoms with Crippen LogP contribution in [0.3, 0.4) is 0 Å².